The summed E-state index contributed by atoms with van der Waals surface area (Å²) in [6.07, 6.45) is -4.42. The van der Waals surface area contributed by atoms with Crippen molar-refractivity contribution in [1.29, 1.82) is 0 Å². The van der Waals surface area contributed by atoms with Gasteiger partial charge < -0.3 is 25.3 Å². The van der Waals surface area contributed by atoms with E-state index in [9.17, 15) is 13.2 Å². The smallest absolute Gasteiger partial charge is 0.422 e. The molecule has 0 aliphatic heterocycles. The predicted molar refractivity (Wildman–Crippen MR) is 112 cm³/mol. The molecule has 2 aromatic carbocycles. The lowest BCUT2D eigenvalue weighted by Crippen LogP contribution is -2.22. The molecule has 0 fully saturated rings. The number of hydrogen-bond donors (Lipinski definition) is 2. The average molecular weight is 511 g/mol. The third kappa shape index (κ3) is 7.71. The quantitative estimate of drug-likeness (QED) is 0.331. The van der Waals surface area contributed by atoms with Crippen molar-refractivity contribution in [2.75, 3.05) is 26.1 Å². The van der Waals surface area contributed by atoms with E-state index in [1.165, 1.54) is 13.2 Å². The minimum atomic E-state index is -4.42. The number of aliphatic imine (C=N–C) groups is 1. The van der Waals surface area contributed by atoms with E-state index in [0.29, 0.717) is 5.56 Å². The molecule has 2 rings (SSSR count). The molecule has 28 heavy (non-hydrogen) atoms. The zero-order chi connectivity index (χ0) is 19.9. The molecule has 0 unspecified atom stereocenters. The summed E-state index contributed by atoms with van der Waals surface area (Å²) in [5.41, 5.74) is 7.29. The maximum Gasteiger partial charge on any atom is 0.422 e. The van der Waals surface area contributed by atoms with E-state index in [4.69, 9.17) is 19.9 Å². The Bertz CT molecular complexity index is 784. The molecule has 0 aliphatic rings. The summed E-state index contributed by atoms with van der Waals surface area (Å²) in [7, 11) is 2.92. The second-order valence-electron chi connectivity index (χ2n) is 5.44. The Morgan fingerprint density at radius 2 is 1.71 bits per heavy atom. The van der Waals surface area contributed by atoms with Crippen molar-refractivity contribution in [2.45, 2.75) is 12.7 Å². The molecular formula is C18H21F3IN3O3. The monoisotopic (exact) mass is 511 g/mol. The Morgan fingerprint density at radius 1 is 1.04 bits per heavy atom. The minimum Gasteiger partial charge on any atom is -0.497 e. The van der Waals surface area contributed by atoms with Crippen LogP contribution in [0.1, 0.15) is 5.56 Å². The van der Waals surface area contributed by atoms with Crippen molar-refractivity contribution in [1.82, 2.24) is 0 Å². The van der Waals surface area contributed by atoms with Gasteiger partial charge in [-0.1, -0.05) is 6.07 Å². The van der Waals surface area contributed by atoms with Gasteiger partial charge in [-0.25, -0.2) is 4.99 Å². The molecule has 0 bridgehead atoms. The zero-order valence-electron chi connectivity index (χ0n) is 15.2. The fraction of sp³-hybridized carbons (Fsp3) is 0.278. The van der Waals surface area contributed by atoms with E-state index in [1.54, 1.807) is 43.5 Å². The first kappa shape index (κ1) is 23.7. The number of nitrogens with zero attached hydrogens (tertiary/aromatic N) is 1. The van der Waals surface area contributed by atoms with Gasteiger partial charge in [-0.3, -0.25) is 0 Å². The third-order valence-corrected chi connectivity index (χ3v) is 3.41. The van der Waals surface area contributed by atoms with Crippen LogP contribution in [0.2, 0.25) is 0 Å². The summed E-state index contributed by atoms with van der Waals surface area (Å²) in [4.78, 5) is 4.20. The Hall–Kier alpha value is -2.37. The van der Waals surface area contributed by atoms with Crippen LogP contribution in [0.25, 0.3) is 0 Å². The molecule has 6 nitrogen and oxygen atoms in total. The van der Waals surface area contributed by atoms with Crippen LogP contribution in [0.4, 0.5) is 18.9 Å². The number of guanidine groups is 1. The molecule has 0 heterocycles. The molecule has 0 saturated heterocycles. The summed E-state index contributed by atoms with van der Waals surface area (Å²) >= 11 is 0. The minimum absolute atomic E-state index is 0. The fourth-order valence-electron chi connectivity index (χ4n) is 2.13. The average Bonchev–Trinajstić information content (AvgIpc) is 2.65. The van der Waals surface area contributed by atoms with Gasteiger partial charge in [0.25, 0.3) is 0 Å². The molecule has 0 amide bonds. The largest absolute Gasteiger partial charge is 0.497 e. The van der Waals surface area contributed by atoms with Crippen molar-refractivity contribution < 1.29 is 27.4 Å². The molecule has 154 valence electrons. The second kappa shape index (κ2) is 10.8. The van der Waals surface area contributed by atoms with E-state index in [2.05, 4.69) is 10.3 Å². The molecule has 10 heteroatoms. The predicted octanol–water partition coefficient (Wildman–Crippen LogP) is 4.19. The highest BCUT2D eigenvalue weighted by Gasteiger charge is 2.29. The summed E-state index contributed by atoms with van der Waals surface area (Å²) in [5, 5.41) is 2.93. The van der Waals surface area contributed by atoms with Gasteiger partial charge in [0.05, 0.1) is 20.8 Å². The lowest BCUT2D eigenvalue weighted by Gasteiger charge is -2.13. The van der Waals surface area contributed by atoms with E-state index in [1.807, 2.05) is 0 Å². The number of rotatable bonds is 7. The van der Waals surface area contributed by atoms with E-state index in [0.717, 1.165) is 11.4 Å². The van der Waals surface area contributed by atoms with Crippen molar-refractivity contribution in [3.05, 3.63) is 48.0 Å². The molecule has 0 spiro atoms. The fourth-order valence-corrected chi connectivity index (χ4v) is 2.13. The van der Waals surface area contributed by atoms with Gasteiger partial charge >= 0.3 is 6.18 Å². The molecule has 2 aromatic rings. The highest BCUT2D eigenvalue weighted by Crippen LogP contribution is 2.30. The SMILES string of the molecule is COc1ccc(NC(N)=NCc2ccc(OCC(F)(F)F)c(OC)c2)cc1.I. The third-order valence-electron chi connectivity index (χ3n) is 3.41. The van der Waals surface area contributed by atoms with E-state index < -0.39 is 12.8 Å². The number of nitrogens with one attached hydrogen (secondary N) is 1. The molecular weight excluding hydrogens is 490 g/mol. The summed E-state index contributed by atoms with van der Waals surface area (Å²) in [6, 6.07) is 11.7. The first-order valence-electron chi connectivity index (χ1n) is 7.88. The highest BCUT2D eigenvalue weighted by molar-refractivity contribution is 14.0. The Kier molecular flexibility index (Phi) is 9.16. The van der Waals surface area contributed by atoms with Gasteiger partial charge in [0.1, 0.15) is 5.75 Å². The number of alkyl halides is 3. The van der Waals surface area contributed by atoms with Gasteiger partial charge in [-0.05, 0) is 42.0 Å². The topological polar surface area (TPSA) is 78.1 Å². The van der Waals surface area contributed by atoms with Crippen LogP contribution in [-0.4, -0.2) is 33.0 Å². The van der Waals surface area contributed by atoms with E-state index in [-0.39, 0.29) is 48.0 Å². The number of anilines is 1. The van der Waals surface area contributed by atoms with Crippen LogP contribution >= 0.6 is 24.0 Å². The van der Waals surface area contributed by atoms with Crippen molar-refractivity contribution in [3.63, 3.8) is 0 Å². The second-order valence-corrected chi connectivity index (χ2v) is 5.44. The number of ether oxygens (including phenoxy) is 3. The van der Waals surface area contributed by atoms with Gasteiger partial charge in [-0.2, -0.15) is 13.2 Å². The lowest BCUT2D eigenvalue weighted by atomic mass is 10.2. The maximum atomic E-state index is 12.3. The molecule has 0 aliphatic carbocycles. The Labute approximate surface area is 177 Å². The number of nitrogens with two attached hydrogens (primary N) is 1. The molecule has 0 saturated carbocycles. The summed E-state index contributed by atoms with van der Waals surface area (Å²) in [5.74, 6) is 1.10. The lowest BCUT2D eigenvalue weighted by molar-refractivity contribution is -0.153. The Morgan fingerprint density at radius 3 is 2.29 bits per heavy atom. The molecule has 0 radical (unpaired) electrons. The summed E-state index contributed by atoms with van der Waals surface area (Å²) in [6.45, 7) is -1.18. The van der Waals surface area contributed by atoms with Crippen LogP contribution in [-0.2, 0) is 6.54 Å². The van der Waals surface area contributed by atoms with Crippen molar-refractivity contribution in [3.8, 4) is 17.2 Å². The molecule has 0 atom stereocenters. The molecule has 0 aromatic heterocycles. The first-order chi connectivity index (χ1) is 12.8. The van der Waals surface area contributed by atoms with E-state index >= 15 is 0 Å². The van der Waals surface area contributed by atoms with Crippen molar-refractivity contribution >= 4 is 35.6 Å². The van der Waals surface area contributed by atoms with Crippen LogP contribution in [0, 0.1) is 0 Å². The van der Waals surface area contributed by atoms with Gasteiger partial charge in [0.15, 0.2) is 24.1 Å². The Balaban J connectivity index is 0.00000392. The van der Waals surface area contributed by atoms with Gasteiger partial charge in [-0.15, -0.1) is 24.0 Å². The van der Waals surface area contributed by atoms with Crippen LogP contribution in [0.5, 0.6) is 17.2 Å². The number of hydrogen-bond acceptors (Lipinski definition) is 4. The number of benzene rings is 2. The highest BCUT2D eigenvalue weighted by atomic mass is 127. The van der Waals surface area contributed by atoms with Crippen LogP contribution < -0.4 is 25.3 Å². The number of halogens is 4. The normalized spacial score (nSPS) is 11.4. The van der Waals surface area contributed by atoms with Crippen LogP contribution in [0.15, 0.2) is 47.5 Å². The number of methoxy groups -OCH3 is 2. The van der Waals surface area contributed by atoms with Crippen molar-refractivity contribution in [2.24, 2.45) is 10.7 Å². The van der Waals surface area contributed by atoms with Crippen LogP contribution in [0.3, 0.4) is 0 Å². The standard InChI is InChI=1S/C18H20F3N3O3.HI/c1-25-14-6-4-13(5-7-14)24-17(22)23-10-12-3-8-15(16(9-12)26-2)27-11-18(19,20)21;/h3-9H,10-11H2,1-2H3,(H3,22,23,24);1H. The van der Waals surface area contributed by atoms with Gasteiger partial charge in [0.2, 0.25) is 0 Å². The molecule has 3 N–H and O–H groups in total. The summed E-state index contributed by atoms with van der Waals surface area (Å²) < 4.78 is 51.7. The maximum absolute atomic E-state index is 12.3. The first-order valence-corrected chi connectivity index (χ1v) is 7.88. The van der Waals surface area contributed by atoms with Gasteiger partial charge in [0, 0.05) is 5.69 Å². The zero-order valence-corrected chi connectivity index (χ0v) is 17.6.